The lowest BCUT2D eigenvalue weighted by Gasteiger charge is -2.30. The molecule has 1 aliphatic rings. The van der Waals surface area contributed by atoms with Crippen molar-refractivity contribution in [3.8, 4) is 17.1 Å². The van der Waals surface area contributed by atoms with Crippen molar-refractivity contribution in [2.45, 2.75) is 12.8 Å². The van der Waals surface area contributed by atoms with Crippen molar-refractivity contribution in [1.82, 2.24) is 15.2 Å². The van der Waals surface area contributed by atoms with Crippen LogP contribution in [0.5, 0.6) is 5.75 Å². The van der Waals surface area contributed by atoms with E-state index in [2.05, 4.69) is 15.2 Å². The predicted molar refractivity (Wildman–Crippen MR) is 77.4 cm³/mol. The number of H-pyrrole nitrogens is 1. The zero-order valence-corrected chi connectivity index (χ0v) is 11.6. The molecule has 4 N–H and O–H groups in total. The summed E-state index contributed by atoms with van der Waals surface area (Å²) in [7, 11) is 0. The molecule has 1 aromatic heterocycles. The van der Waals surface area contributed by atoms with Crippen LogP contribution in [0.4, 0.5) is 10.3 Å². The van der Waals surface area contributed by atoms with E-state index in [0.29, 0.717) is 18.4 Å². The Balaban J connectivity index is 1.81. The van der Waals surface area contributed by atoms with E-state index in [1.54, 1.807) is 0 Å². The fourth-order valence-electron chi connectivity index (χ4n) is 2.62. The van der Waals surface area contributed by atoms with Crippen LogP contribution in [0.3, 0.4) is 0 Å². The fourth-order valence-corrected chi connectivity index (χ4v) is 2.62. The maximum Gasteiger partial charge on any atom is 0.245 e. The summed E-state index contributed by atoms with van der Waals surface area (Å²) in [6.45, 7) is 2.38. The second kappa shape index (κ2) is 5.69. The normalized spacial score (nSPS) is 16.4. The maximum atomic E-state index is 13.8. The van der Waals surface area contributed by atoms with Crippen LogP contribution in [0, 0.1) is 11.7 Å². The highest BCUT2D eigenvalue weighted by molar-refractivity contribution is 5.65. The summed E-state index contributed by atoms with van der Waals surface area (Å²) in [6.07, 6.45) is 2.01. The van der Waals surface area contributed by atoms with Crippen molar-refractivity contribution >= 4 is 5.95 Å². The lowest BCUT2D eigenvalue weighted by molar-refractivity contribution is 0.411. The van der Waals surface area contributed by atoms with E-state index >= 15 is 0 Å². The number of phenols is 1. The summed E-state index contributed by atoms with van der Waals surface area (Å²) in [5, 5.41) is 16.6. The van der Waals surface area contributed by atoms with Crippen molar-refractivity contribution < 1.29 is 9.50 Å². The van der Waals surface area contributed by atoms with Gasteiger partial charge in [-0.25, -0.2) is 4.39 Å². The van der Waals surface area contributed by atoms with Gasteiger partial charge in [0.2, 0.25) is 5.95 Å². The number of nitrogens with two attached hydrogens (primary N) is 1. The van der Waals surface area contributed by atoms with E-state index in [0.717, 1.165) is 25.9 Å². The molecule has 0 unspecified atom stereocenters. The highest BCUT2D eigenvalue weighted by Crippen LogP contribution is 2.30. The largest absolute Gasteiger partial charge is 0.507 e. The number of hydrogen-bond acceptors (Lipinski definition) is 5. The Morgan fingerprint density at radius 2 is 2.14 bits per heavy atom. The van der Waals surface area contributed by atoms with Gasteiger partial charge in [-0.15, -0.1) is 5.10 Å². The van der Waals surface area contributed by atoms with E-state index < -0.39 is 5.82 Å². The Morgan fingerprint density at radius 1 is 1.38 bits per heavy atom. The van der Waals surface area contributed by atoms with Gasteiger partial charge in [-0.05, 0) is 37.4 Å². The average Bonchev–Trinajstić information content (AvgIpc) is 2.97. The molecule has 0 spiro atoms. The van der Waals surface area contributed by atoms with Crippen LogP contribution in [-0.4, -0.2) is 39.9 Å². The molecule has 0 atom stereocenters. The van der Waals surface area contributed by atoms with Gasteiger partial charge in [0.1, 0.15) is 11.6 Å². The summed E-state index contributed by atoms with van der Waals surface area (Å²) in [6, 6.07) is 4.15. The number of aromatic hydroxyl groups is 1. The first-order valence-corrected chi connectivity index (χ1v) is 7.04. The number of nitrogens with one attached hydrogen (secondary N) is 1. The van der Waals surface area contributed by atoms with Crippen molar-refractivity contribution in [2.75, 3.05) is 24.5 Å². The third-order valence-electron chi connectivity index (χ3n) is 3.93. The average molecular weight is 291 g/mol. The van der Waals surface area contributed by atoms with E-state index in [4.69, 9.17) is 5.73 Å². The van der Waals surface area contributed by atoms with Gasteiger partial charge in [0.25, 0.3) is 0 Å². The van der Waals surface area contributed by atoms with E-state index in [9.17, 15) is 9.50 Å². The molecule has 0 radical (unpaired) electrons. The Morgan fingerprint density at radius 3 is 2.81 bits per heavy atom. The summed E-state index contributed by atoms with van der Waals surface area (Å²) >= 11 is 0. The first-order chi connectivity index (χ1) is 10.2. The quantitative estimate of drug-likeness (QED) is 0.797. The van der Waals surface area contributed by atoms with Gasteiger partial charge in [0.05, 0.1) is 5.56 Å². The monoisotopic (exact) mass is 291 g/mol. The van der Waals surface area contributed by atoms with Crippen LogP contribution < -0.4 is 10.6 Å². The first-order valence-electron chi connectivity index (χ1n) is 7.04. The Hall–Kier alpha value is -2.15. The number of benzene rings is 1. The van der Waals surface area contributed by atoms with Gasteiger partial charge in [-0.1, -0.05) is 6.07 Å². The molecule has 7 heteroatoms. The lowest BCUT2D eigenvalue weighted by atomic mass is 9.97. The van der Waals surface area contributed by atoms with Crippen molar-refractivity contribution in [2.24, 2.45) is 11.7 Å². The highest BCUT2D eigenvalue weighted by atomic mass is 19.1. The molecule has 2 heterocycles. The van der Waals surface area contributed by atoms with Gasteiger partial charge >= 0.3 is 0 Å². The Labute approximate surface area is 121 Å². The topological polar surface area (TPSA) is 91.1 Å². The number of aromatic nitrogens is 3. The number of halogens is 1. The van der Waals surface area contributed by atoms with Gasteiger partial charge in [0, 0.05) is 13.1 Å². The second-order valence-corrected chi connectivity index (χ2v) is 5.28. The summed E-state index contributed by atoms with van der Waals surface area (Å²) in [5.74, 6) is 0.638. The van der Waals surface area contributed by atoms with Crippen LogP contribution >= 0.6 is 0 Å². The molecule has 0 saturated carbocycles. The van der Waals surface area contributed by atoms with Crippen molar-refractivity contribution in [1.29, 1.82) is 0 Å². The molecular formula is C14H18FN5O. The fraction of sp³-hybridized carbons (Fsp3) is 0.429. The molecule has 1 aliphatic heterocycles. The minimum absolute atomic E-state index is 0.0492. The van der Waals surface area contributed by atoms with Crippen LogP contribution in [0.2, 0.25) is 0 Å². The summed E-state index contributed by atoms with van der Waals surface area (Å²) < 4.78 is 13.8. The van der Waals surface area contributed by atoms with Crippen LogP contribution in [0.25, 0.3) is 11.4 Å². The van der Waals surface area contributed by atoms with Gasteiger partial charge in [0.15, 0.2) is 5.82 Å². The second-order valence-electron chi connectivity index (χ2n) is 5.28. The third-order valence-corrected chi connectivity index (χ3v) is 3.93. The van der Waals surface area contributed by atoms with Gasteiger partial charge in [-0.3, -0.25) is 5.10 Å². The standard InChI is InChI=1S/C14H18FN5O/c15-10-2-1-3-11(21)12(10)13-17-14(19-18-13)20-6-4-9(8-16)5-7-20/h1-3,9,21H,4-8,16H2,(H,17,18,19). The number of anilines is 1. The van der Waals surface area contributed by atoms with Gasteiger partial charge < -0.3 is 15.7 Å². The number of piperidine rings is 1. The lowest BCUT2D eigenvalue weighted by Crippen LogP contribution is -2.36. The zero-order valence-electron chi connectivity index (χ0n) is 11.6. The zero-order chi connectivity index (χ0) is 14.8. The number of phenolic OH excluding ortho intramolecular Hbond substituents is 1. The number of rotatable bonds is 3. The number of nitrogens with zero attached hydrogens (tertiary/aromatic N) is 3. The minimum atomic E-state index is -0.528. The van der Waals surface area contributed by atoms with Crippen LogP contribution in [0.1, 0.15) is 12.8 Å². The molecule has 112 valence electrons. The smallest absolute Gasteiger partial charge is 0.245 e. The molecule has 6 nitrogen and oxygen atoms in total. The molecule has 1 aromatic carbocycles. The molecule has 1 fully saturated rings. The molecule has 21 heavy (non-hydrogen) atoms. The van der Waals surface area contributed by atoms with E-state index in [1.165, 1.54) is 18.2 Å². The molecule has 2 aromatic rings. The molecular weight excluding hydrogens is 273 g/mol. The number of hydrogen-bond donors (Lipinski definition) is 3. The predicted octanol–water partition coefficient (Wildman–Crippen LogP) is 1.49. The minimum Gasteiger partial charge on any atom is -0.507 e. The van der Waals surface area contributed by atoms with E-state index in [1.807, 2.05) is 4.90 Å². The van der Waals surface area contributed by atoms with Crippen molar-refractivity contribution in [3.05, 3.63) is 24.0 Å². The Bertz CT molecular complexity index is 601. The molecule has 0 amide bonds. The molecule has 3 rings (SSSR count). The maximum absolute atomic E-state index is 13.8. The van der Waals surface area contributed by atoms with Crippen LogP contribution in [-0.2, 0) is 0 Å². The number of aromatic amines is 1. The summed E-state index contributed by atoms with van der Waals surface area (Å²) in [4.78, 5) is 6.35. The van der Waals surface area contributed by atoms with E-state index in [-0.39, 0.29) is 17.1 Å². The molecule has 0 aliphatic carbocycles. The first kappa shape index (κ1) is 13.8. The molecule has 0 bridgehead atoms. The summed E-state index contributed by atoms with van der Waals surface area (Å²) in [5.41, 5.74) is 5.72. The third kappa shape index (κ3) is 2.69. The highest BCUT2D eigenvalue weighted by Gasteiger charge is 2.22. The van der Waals surface area contributed by atoms with Gasteiger partial charge in [-0.2, -0.15) is 4.98 Å². The SMILES string of the molecule is NCC1CCN(c2n[nH]c(-c3c(O)cccc3F)n2)CC1. The van der Waals surface area contributed by atoms with Crippen LogP contribution in [0.15, 0.2) is 18.2 Å². The molecule has 1 saturated heterocycles. The van der Waals surface area contributed by atoms with Crippen molar-refractivity contribution in [3.63, 3.8) is 0 Å². The Kier molecular flexibility index (Phi) is 3.74.